The van der Waals surface area contributed by atoms with Crippen LogP contribution in [0, 0.1) is 0 Å². The molecule has 0 aromatic carbocycles. The van der Waals surface area contributed by atoms with Gasteiger partial charge >= 0.3 is 0 Å². The zero-order chi connectivity index (χ0) is 10.0. The Morgan fingerprint density at radius 3 is 2.64 bits per heavy atom. The van der Waals surface area contributed by atoms with Crippen molar-refractivity contribution in [2.75, 3.05) is 33.3 Å². The van der Waals surface area contributed by atoms with Gasteiger partial charge in [-0.25, -0.2) is 0 Å². The van der Waals surface area contributed by atoms with Gasteiger partial charge in [0.2, 0.25) is 0 Å². The average molecular weight is 197 g/mol. The molecule has 2 aliphatic heterocycles. The SMILES string of the molecule is COC1(C)CCN(C2=NCCN2)CC1. The predicted molar refractivity (Wildman–Crippen MR) is 56.5 cm³/mol. The lowest BCUT2D eigenvalue weighted by molar-refractivity contribution is -0.0322. The molecule has 80 valence electrons. The largest absolute Gasteiger partial charge is 0.378 e. The molecule has 0 aromatic heterocycles. The van der Waals surface area contributed by atoms with E-state index in [2.05, 4.69) is 22.1 Å². The Hall–Kier alpha value is -0.770. The molecule has 1 N–H and O–H groups in total. The summed E-state index contributed by atoms with van der Waals surface area (Å²) in [4.78, 5) is 6.75. The predicted octanol–water partition coefficient (Wildman–Crippen LogP) is 0.446. The third-order valence-corrected chi connectivity index (χ3v) is 3.27. The second kappa shape index (κ2) is 3.77. The molecule has 0 unspecified atom stereocenters. The first-order valence-electron chi connectivity index (χ1n) is 5.32. The molecule has 0 bridgehead atoms. The zero-order valence-corrected chi connectivity index (χ0v) is 9.05. The summed E-state index contributed by atoms with van der Waals surface area (Å²) >= 11 is 0. The van der Waals surface area contributed by atoms with Crippen LogP contribution in [0.1, 0.15) is 19.8 Å². The first-order chi connectivity index (χ1) is 6.73. The Morgan fingerprint density at radius 2 is 2.14 bits per heavy atom. The molecule has 2 heterocycles. The molecule has 4 nitrogen and oxygen atoms in total. The van der Waals surface area contributed by atoms with E-state index < -0.39 is 0 Å². The number of rotatable bonds is 1. The fourth-order valence-corrected chi connectivity index (χ4v) is 1.99. The maximum absolute atomic E-state index is 5.50. The van der Waals surface area contributed by atoms with Crippen LogP contribution in [0.2, 0.25) is 0 Å². The molecule has 0 aliphatic carbocycles. The van der Waals surface area contributed by atoms with Gasteiger partial charge in [-0.2, -0.15) is 0 Å². The number of hydrogen-bond donors (Lipinski definition) is 1. The summed E-state index contributed by atoms with van der Waals surface area (Å²) in [6.45, 7) is 6.21. The fourth-order valence-electron chi connectivity index (χ4n) is 1.99. The lowest BCUT2D eigenvalue weighted by atomic mass is 9.93. The zero-order valence-electron chi connectivity index (χ0n) is 9.05. The van der Waals surface area contributed by atoms with Crippen LogP contribution in [-0.4, -0.2) is 49.7 Å². The number of ether oxygens (including phenoxy) is 1. The van der Waals surface area contributed by atoms with Gasteiger partial charge in [0.15, 0.2) is 5.96 Å². The van der Waals surface area contributed by atoms with E-state index in [-0.39, 0.29) is 5.60 Å². The monoisotopic (exact) mass is 197 g/mol. The minimum absolute atomic E-state index is 0.0790. The molecule has 0 atom stereocenters. The van der Waals surface area contributed by atoms with Crippen LogP contribution in [0.4, 0.5) is 0 Å². The van der Waals surface area contributed by atoms with E-state index in [4.69, 9.17) is 4.74 Å². The normalized spacial score (nSPS) is 25.9. The Kier molecular flexibility index (Phi) is 2.63. The van der Waals surface area contributed by atoms with E-state index in [1.165, 1.54) is 0 Å². The molecule has 0 aromatic rings. The quantitative estimate of drug-likeness (QED) is 0.663. The molecule has 2 aliphatic rings. The molecule has 0 radical (unpaired) electrons. The van der Waals surface area contributed by atoms with Crippen LogP contribution in [0.15, 0.2) is 4.99 Å². The molecule has 1 fully saturated rings. The molecule has 4 heteroatoms. The van der Waals surface area contributed by atoms with E-state index in [1.807, 2.05) is 0 Å². The topological polar surface area (TPSA) is 36.9 Å². The van der Waals surface area contributed by atoms with Crippen molar-refractivity contribution in [1.29, 1.82) is 0 Å². The van der Waals surface area contributed by atoms with Crippen molar-refractivity contribution in [2.45, 2.75) is 25.4 Å². The van der Waals surface area contributed by atoms with Crippen molar-refractivity contribution in [3.63, 3.8) is 0 Å². The lowest BCUT2D eigenvalue weighted by Crippen LogP contribution is -2.49. The van der Waals surface area contributed by atoms with Crippen molar-refractivity contribution in [2.24, 2.45) is 4.99 Å². The Morgan fingerprint density at radius 1 is 1.43 bits per heavy atom. The van der Waals surface area contributed by atoms with E-state index in [1.54, 1.807) is 7.11 Å². The molecule has 1 saturated heterocycles. The van der Waals surface area contributed by atoms with Gasteiger partial charge in [-0.05, 0) is 19.8 Å². The lowest BCUT2D eigenvalue weighted by Gasteiger charge is -2.39. The highest BCUT2D eigenvalue weighted by molar-refractivity contribution is 5.81. The number of nitrogens with one attached hydrogen (secondary N) is 1. The maximum atomic E-state index is 5.50. The van der Waals surface area contributed by atoms with Gasteiger partial charge in [0.25, 0.3) is 0 Å². The van der Waals surface area contributed by atoms with Gasteiger partial charge in [-0.1, -0.05) is 0 Å². The van der Waals surface area contributed by atoms with Crippen LogP contribution < -0.4 is 5.32 Å². The number of likely N-dealkylation sites (tertiary alicyclic amines) is 1. The molecular formula is C10H19N3O. The number of methoxy groups -OCH3 is 1. The van der Waals surface area contributed by atoms with Crippen LogP contribution in [0.5, 0.6) is 0 Å². The van der Waals surface area contributed by atoms with Crippen molar-refractivity contribution < 1.29 is 4.74 Å². The molecule has 14 heavy (non-hydrogen) atoms. The third-order valence-electron chi connectivity index (χ3n) is 3.27. The first-order valence-corrected chi connectivity index (χ1v) is 5.32. The Labute approximate surface area is 85.3 Å². The molecule has 0 amide bonds. The summed E-state index contributed by atoms with van der Waals surface area (Å²) in [6, 6.07) is 0. The highest BCUT2D eigenvalue weighted by Crippen LogP contribution is 2.24. The fraction of sp³-hybridized carbons (Fsp3) is 0.900. The minimum atomic E-state index is 0.0790. The molecule has 2 rings (SSSR count). The van der Waals surface area contributed by atoms with Gasteiger partial charge in [0, 0.05) is 26.7 Å². The number of guanidine groups is 1. The second-order valence-electron chi connectivity index (χ2n) is 4.27. The Bertz CT molecular complexity index is 232. The van der Waals surface area contributed by atoms with Gasteiger partial charge in [0.1, 0.15) is 0 Å². The third kappa shape index (κ3) is 1.85. The van der Waals surface area contributed by atoms with E-state index in [0.29, 0.717) is 0 Å². The van der Waals surface area contributed by atoms with Gasteiger partial charge in [0.05, 0.1) is 12.1 Å². The van der Waals surface area contributed by atoms with E-state index in [9.17, 15) is 0 Å². The van der Waals surface area contributed by atoms with E-state index >= 15 is 0 Å². The summed E-state index contributed by atoms with van der Waals surface area (Å²) in [5, 5.41) is 3.31. The van der Waals surface area contributed by atoms with Crippen LogP contribution >= 0.6 is 0 Å². The van der Waals surface area contributed by atoms with Crippen molar-refractivity contribution in [3.05, 3.63) is 0 Å². The molecular weight excluding hydrogens is 178 g/mol. The van der Waals surface area contributed by atoms with Crippen molar-refractivity contribution in [3.8, 4) is 0 Å². The Balaban J connectivity index is 1.89. The molecule has 0 saturated carbocycles. The van der Waals surface area contributed by atoms with Crippen LogP contribution in [0.25, 0.3) is 0 Å². The minimum Gasteiger partial charge on any atom is -0.378 e. The van der Waals surface area contributed by atoms with Crippen molar-refractivity contribution in [1.82, 2.24) is 10.2 Å². The number of hydrogen-bond acceptors (Lipinski definition) is 4. The summed E-state index contributed by atoms with van der Waals surface area (Å²) in [5.41, 5.74) is 0.0790. The highest BCUT2D eigenvalue weighted by atomic mass is 16.5. The van der Waals surface area contributed by atoms with Gasteiger partial charge < -0.3 is 15.0 Å². The summed E-state index contributed by atoms with van der Waals surface area (Å²) in [6.07, 6.45) is 2.17. The number of aliphatic imine (C=N–C) groups is 1. The molecule has 0 spiro atoms. The van der Waals surface area contributed by atoms with Crippen LogP contribution in [0.3, 0.4) is 0 Å². The first kappa shape index (κ1) is 9.77. The van der Waals surface area contributed by atoms with Gasteiger partial charge in [-0.15, -0.1) is 0 Å². The second-order valence-corrected chi connectivity index (χ2v) is 4.27. The highest BCUT2D eigenvalue weighted by Gasteiger charge is 2.31. The average Bonchev–Trinajstić information content (AvgIpc) is 2.72. The van der Waals surface area contributed by atoms with E-state index in [0.717, 1.165) is 45.0 Å². The summed E-state index contributed by atoms with van der Waals surface area (Å²) < 4.78 is 5.50. The number of nitrogens with zero attached hydrogens (tertiary/aromatic N) is 2. The smallest absolute Gasteiger partial charge is 0.194 e. The van der Waals surface area contributed by atoms with Crippen molar-refractivity contribution >= 4 is 5.96 Å². The van der Waals surface area contributed by atoms with Crippen LogP contribution in [-0.2, 0) is 4.74 Å². The number of piperidine rings is 1. The summed E-state index contributed by atoms with van der Waals surface area (Å²) in [5.74, 6) is 1.09. The summed E-state index contributed by atoms with van der Waals surface area (Å²) in [7, 11) is 1.81. The standard InChI is InChI=1S/C10H19N3O/c1-10(14-2)3-7-13(8-4-10)9-11-5-6-12-9/h3-8H2,1-2H3,(H,11,12). The maximum Gasteiger partial charge on any atom is 0.194 e. The van der Waals surface area contributed by atoms with Gasteiger partial charge in [-0.3, -0.25) is 4.99 Å².